The Kier molecular flexibility index (Phi) is 1.23. The highest BCUT2D eigenvalue weighted by atomic mass is 32.1. The highest BCUT2D eigenvalue weighted by Crippen LogP contribution is 2.16. The van der Waals surface area contributed by atoms with E-state index in [1.54, 1.807) is 6.07 Å². The Morgan fingerprint density at radius 3 is 2.75 bits per heavy atom. The first-order chi connectivity index (χ1) is 3.84. The summed E-state index contributed by atoms with van der Waals surface area (Å²) in [6.45, 7) is 0. The molecule has 0 unspecified atom stereocenters. The molecule has 0 bridgehead atoms. The molecule has 2 heteroatoms. The fourth-order valence-electron chi connectivity index (χ4n) is 0.436. The van der Waals surface area contributed by atoms with Gasteiger partial charge >= 0.3 is 0 Å². The molecule has 0 aliphatic heterocycles. The van der Waals surface area contributed by atoms with Crippen molar-refractivity contribution in [3.05, 3.63) is 16.3 Å². The summed E-state index contributed by atoms with van der Waals surface area (Å²) < 4.78 is 0. The molecule has 0 aromatic carbocycles. The molecular weight excluding hydrogens is 118 g/mol. The summed E-state index contributed by atoms with van der Waals surface area (Å²) in [6, 6.07) is 1.81. The molecule has 40 valence electrons. The maximum absolute atomic E-state index is 5.42. The minimum atomic E-state index is 0.706. The Morgan fingerprint density at radius 2 is 2.50 bits per heavy atom. The number of anilines is 1. The summed E-state index contributed by atoms with van der Waals surface area (Å²) in [5.74, 6) is 2.47. The van der Waals surface area contributed by atoms with E-state index in [1.165, 1.54) is 11.3 Å². The largest absolute Gasteiger partial charge is 0.397 e. The maximum atomic E-state index is 5.42. The molecule has 0 saturated carbocycles. The molecule has 0 spiro atoms. The molecule has 2 N–H and O–H groups in total. The SMILES string of the molecule is C#Cc1sccc1N. The van der Waals surface area contributed by atoms with E-state index in [9.17, 15) is 0 Å². The lowest BCUT2D eigenvalue weighted by molar-refractivity contribution is 1.84. The highest BCUT2D eigenvalue weighted by Gasteiger charge is 1.91. The van der Waals surface area contributed by atoms with E-state index < -0.39 is 0 Å². The van der Waals surface area contributed by atoms with Crippen LogP contribution in [0.4, 0.5) is 5.69 Å². The van der Waals surface area contributed by atoms with Gasteiger partial charge in [0.2, 0.25) is 0 Å². The third-order valence-corrected chi connectivity index (χ3v) is 1.69. The van der Waals surface area contributed by atoms with E-state index in [4.69, 9.17) is 12.2 Å². The molecule has 8 heavy (non-hydrogen) atoms. The van der Waals surface area contributed by atoms with Gasteiger partial charge in [-0.3, -0.25) is 0 Å². The smallest absolute Gasteiger partial charge is 0.0995 e. The first-order valence-corrected chi connectivity index (χ1v) is 3.02. The van der Waals surface area contributed by atoms with Gasteiger partial charge in [0.1, 0.15) is 0 Å². The van der Waals surface area contributed by atoms with Gasteiger partial charge in [-0.25, -0.2) is 0 Å². The molecule has 0 aliphatic rings. The molecule has 0 aliphatic carbocycles. The van der Waals surface area contributed by atoms with Gasteiger partial charge in [0, 0.05) is 0 Å². The van der Waals surface area contributed by atoms with Crippen LogP contribution in [0.25, 0.3) is 0 Å². The number of nitrogens with two attached hydrogens (primary N) is 1. The zero-order valence-corrected chi connectivity index (χ0v) is 5.03. The Hall–Kier alpha value is -0.940. The molecule has 1 rings (SSSR count). The van der Waals surface area contributed by atoms with Crippen molar-refractivity contribution in [3.8, 4) is 12.3 Å². The molecular formula is C6H5NS. The number of terminal acetylenes is 1. The summed E-state index contributed by atoms with van der Waals surface area (Å²) in [7, 11) is 0. The second kappa shape index (κ2) is 1.89. The fraction of sp³-hybridized carbons (Fsp3) is 0. The van der Waals surface area contributed by atoms with Gasteiger partial charge in [0.15, 0.2) is 0 Å². The maximum Gasteiger partial charge on any atom is 0.0995 e. The van der Waals surface area contributed by atoms with Crippen molar-refractivity contribution < 1.29 is 0 Å². The topological polar surface area (TPSA) is 26.0 Å². The van der Waals surface area contributed by atoms with Crippen molar-refractivity contribution in [1.82, 2.24) is 0 Å². The zero-order valence-electron chi connectivity index (χ0n) is 4.22. The van der Waals surface area contributed by atoms with Crippen molar-refractivity contribution in [2.75, 3.05) is 5.73 Å². The molecule has 0 radical (unpaired) electrons. The van der Waals surface area contributed by atoms with Gasteiger partial charge < -0.3 is 5.73 Å². The second-order valence-corrected chi connectivity index (χ2v) is 2.27. The summed E-state index contributed by atoms with van der Waals surface area (Å²) in [4.78, 5) is 0.824. The third kappa shape index (κ3) is 0.682. The van der Waals surface area contributed by atoms with Crippen LogP contribution in [0.5, 0.6) is 0 Å². The lowest BCUT2D eigenvalue weighted by Gasteiger charge is -1.80. The van der Waals surface area contributed by atoms with Crippen LogP contribution in [-0.4, -0.2) is 0 Å². The van der Waals surface area contributed by atoms with Crippen LogP contribution >= 0.6 is 11.3 Å². The normalized spacial score (nSPS) is 8.38. The first-order valence-electron chi connectivity index (χ1n) is 2.14. The van der Waals surface area contributed by atoms with Crippen LogP contribution in [0.1, 0.15) is 4.88 Å². The van der Waals surface area contributed by atoms with E-state index in [2.05, 4.69) is 5.92 Å². The standard InChI is InChI=1S/C6H5NS/c1-2-6-5(7)3-4-8-6/h1,3-4H,7H2. The highest BCUT2D eigenvalue weighted by molar-refractivity contribution is 7.11. The number of thiophene rings is 1. The molecule has 1 aromatic rings. The van der Waals surface area contributed by atoms with Gasteiger partial charge in [-0.1, -0.05) is 5.92 Å². The van der Waals surface area contributed by atoms with E-state index in [0.29, 0.717) is 5.69 Å². The molecule has 0 amide bonds. The Balaban J connectivity index is 3.15. The number of hydrogen-bond donors (Lipinski definition) is 1. The minimum Gasteiger partial charge on any atom is -0.397 e. The van der Waals surface area contributed by atoms with Crippen LogP contribution < -0.4 is 5.73 Å². The quantitative estimate of drug-likeness (QED) is 0.517. The number of hydrogen-bond acceptors (Lipinski definition) is 2. The monoisotopic (exact) mass is 123 g/mol. The van der Waals surface area contributed by atoms with Crippen molar-refractivity contribution in [2.24, 2.45) is 0 Å². The lowest BCUT2D eigenvalue weighted by Crippen LogP contribution is -1.81. The van der Waals surface area contributed by atoms with Gasteiger partial charge in [0.25, 0.3) is 0 Å². The van der Waals surface area contributed by atoms with Crippen LogP contribution in [0.15, 0.2) is 11.4 Å². The molecule has 1 aromatic heterocycles. The van der Waals surface area contributed by atoms with Gasteiger partial charge in [0.05, 0.1) is 10.6 Å². The second-order valence-electron chi connectivity index (χ2n) is 1.35. The third-order valence-electron chi connectivity index (χ3n) is 0.827. The lowest BCUT2D eigenvalue weighted by atomic mass is 10.4. The summed E-state index contributed by atoms with van der Waals surface area (Å²) in [5.41, 5.74) is 6.12. The molecule has 1 nitrogen and oxygen atoms in total. The summed E-state index contributed by atoms with van der Waals surface area (Å²) in [6.07, 6.45) is 5.08. The first kappa shape index (κ1) is 5.20. The van der Waals surface area contributed by atoms with Crippen LogP contribution in [0, 0.1) is 12.3 Å². The molecule has 0 atom stereocenters. The predicted molar refractivity (Wildman–Crippen MR) is 36.7 cm³/mol. The zero-order chi connectivity index (χ0) is 5.98. The summed E-state index contributed by atoms with van der Waals surface area (Å²) >= 11 is 1.49. The van der Waals surface area contributed by atoms with Crippen LogP contribution in [-0.2, 0) is 0 Å². The average molecular weight is 123 g/mol. The predicted octanol–water partition coefficient (Wildman–Crippen LogP) is 1.31. The van der Waals surface area contributed by atoms with Crippen molar-refractivity contribution >= 4 is 17.0 Å². The Labute approximate surface area is 52.1 Å². The van der Waals surface area contributed by atoms with E-state index in [1.807, 2.05) is 5.38 Å². The van der Waals surface area contributed by atoms with Gasteiger partial charge in [-0.05, 0) is 11.4 Å². The summed E-state index contributed by atoms with van der Waals surface area (Å²) in [5, 5.41) is 1.88. The van der Waals surface area contributed by atoms with Crippen molar-refractivity contribution in [3.63, 3.8) is 0 Å². The van der Waals surface area contributed by atoms with Crippen LogP contribution in [0.3, 0.4) is 0 Å². The van der Waals surface area contributed by atoms with Gasteiger partial charge in [-0.2, -0.15) is 0 Å². The Bertz CT molecular complexity index is 219. The average Bonchev–Trinajstić information content (AvgIpc) is 2.14. The number of rotatable bonds is 0. The van der Waals surface area contributed by atoms with Crippen LogP contribution in [0.2, 0.25) is 0 Å². The minimum absolute atomic E-state index is 0.706. The van der Waals surface area contributed by atoms with Crippen molar-refractivity contribution in [1.29, 1.82) is 0 Å². The Morgan fingerprint density at radius 1 is 1.75 bits per heavy atom. The van der Waals surface area contributed by atoms with E-state index >= 15 is 0 Å². The molecule has 0 fully saturated rings. The van der Waals surface area contributed by atoms with Crippen molar-refractivity contribution in [2.45, 2.75) is 0 Å². The fourth-order valence-corrected chi connectivity index (χ4v) is 1.06. The number of nitrogen functional groups attached to an aromatic ring is 1. The van der Waals surface area contributed by atoms with E-state index in [0.717, 1.165) is 4.88 Å². The van der Waals surface area contributed by atoms with E-state index in [-0.39, 0.29) is 0 Å². The molecule has 1 heterocycles. The van der Waals surface area contributed by atoms with Gasteiger partial charge in [-0.15, -0.1) is 17.8 Å². The molecule has 0 saturated heterocycles.